The highest BCUT2D eigenvalue weighted by molar-refractivity contribution is 5.87. The summed E-state index contributed by atoms with van der Waals surface area (Å²) in [6.45, 7) is 8.01. The van der Waals surface area contributed by atoms with Crippen molar-refractivity contribution in [3.63, 3.8) is 0 Å². The predicted molar refractivity (Wildman–Crippen MR) is 109 cm³/mol. The van der Waals surface area contributed by atoms with Gasteiger partial charge in [-0.2, -0.15) is 0 Å². The summed E-state index contributed by atoms with van der Waals surface area (Å²) in [6.07, 6.45) is 8.51. The van der Waals surface area contributed by atoms with Gasteiger partial charge in [-0.25, -0.2) is 4.79 Å². The van der Waals surface area contributed by atoms with Gasteiger partial charge in [0.1, 0.15) is 5.75 Å². The maximum atomic E-state index is 10.8. The molecule has 1 rings (SSSR count). The molecule has 0 atom stereocenters. The highest BCUT2D eigenvalue weighted by Gasteiger charge is 2.02. The monoisotopic (exact) mass is 394 g/mol. The van der Waals surface area contributed by atoms with E-state index in [0.717, 1.165) is 31.6 Å². The van der Waals surface area contributed by atoms with Crippen LogP contribution in [0.5, 0.6) is 5.75 Å². The van der Waals surface area contributed by atoms with Gasteiger partial charge in [0.15, 0.2) is 0 Å². The zero-order chi connectivity index (χ0) is 20.3. The maximum Gasteiger partial charge on any atom is 0.335 e. The van der Waals surface area contributed by atoms with Crippen LogP contribution in [-0.4, -0.2) is 57.3 Å². The highest BCUT2D eigenvalue weighted by atomic mass is 16.5. The summed E-state index contributed by atoms with van der Waals surface area (Å²) >= 11 is 0. The molecule has 0 bridgehead atoms. The van der Waals surface area contributed by atoms with E-state index < -0.39 is 5.97 Å². The fourth-order valence-electron chi connectivity index (χ4n) is 2.50. The Bertz CT molecular complexity index is 514. The van der Waals surface area contributed by atoms with Gasteiger partial charge in [-0.3, -0.25) is 0 Å². The van der Waals surface area contributed by atoms with Crippen LogP contribution < -0.4 is 4.74 Å². The van der Waals surface area contributed by atoms with E-state index in [-0.39, 0.29) is 5.56 Å². The second-order valence-corrected chi connectivity index (χ2v) is 6.39. The van der Waals surface area contributed by atoms with Gasteiger partial charge in [-0.1, -0.05) is 31.8 Å². The third kappa shape index (κ3) is 13.3. The van der Waals surface area contributed by atoms with Gasteiger partial charge >= 0.3 is 5.97 Å². The first kappa shape index (κ1) is 24.1. The van der Waals surface area contributed by atoms with Crippen LogP contribution in [0.4, 0.5) is 0 Å². The predicted octanol–water partition coefficient (Wildman–Crippen LogP) is 4.34. The lowest BCUT2D eigenvalue weighted by Gasteiger charge is -2.07. The van der Waals surface area contributed by atoms with Crippen LogP contribution in [0.1, 0.15) is 48.9 Å². The first-order valence-electron chi connectivity index (χ1n) is 10.0. The number of aromatic carboxylic acids is 1. The van der Waals surface area contributed by atoms with Crippen molar-refractivity contribution in [1.82, 2.24) is 0 Å². The second kappa shape index (κ2) is 17.2. The average molecular weight is 395 g/mol. The van der Waals surface area contributed by atoms with E-state index in [2.05, 4.69) is 6.58 Å². The van der Waals surface area contributed by atoms with Gasteiger partial charge in [0.25, 0.3) is 0 Å². The summed E-state index contributed by atoms with van der Waals surface area (Å²) in [5.41, 5.74) is 0.276. The van der Waals surface area contributed by atoms with Crippen molar-refractivity contribution in [3.8, 4) is 5.75 Å². The number of hydrogen-bond acceptors (Lipinski definition) is 5. The maximum absolute atomic E-state index is 10.8. The van der Waals surface area contributed by atoms with E-state index in [4.69, 9.17) is 24.1 Å². The van der Waals surface area contributed by atoms with E-state index in [1.807, 2.05) is 0 Å². The molecule has 28 heavy (non-hydrogen) atoms. The Morgan fingerprint density at radius 3 is 1.93 bits per heavy atom. The molecule has 6 nitrogen and oxygen atoms in total. The van der Waals surface area contributed by atoms with Gasteiger partial charge in [0.2, 0.25) is 0 Å². The van der Waals surface area contributed by atoms with E-state index in [9.17, 15) is 4.79 Å². The zero-order valence-electron chi connectivity index (χ0n) is 16.8. The molecule has 1 aromatic carbocycles. The van der Waals surface area contributed by atoms with Gasteiger partial charge in [-0.05, 0) is 37.1 Å². The molecular formula is C22H34O6. The van der Waals surface area contributed by atoms with Crippen LogP contribution in [0.15, 0.2) is 36.9 Å². The Balaban J connectivity index is 1.79. The van der Waals surface area contributed by atoms with Crippen molar-refractivity contribution in [1.29, 1.82) is 0 Å². The van der Waals surface area contributed by atoms with E-state index in [1.165, 1.54) is 19.3 Å². The topological polar surface area (TPSA) is 74.2 Å². The van der Waals surface area contributed by atoms with Crippen LogP contribution in [0.2, 0.25) is 0 Å². The summed E-state index contributed by atoms with van der Waals surface area (Å²) in [7, 11) is 0. The Labute approximate surface area is 168 Å². The minimum absolute atomic E-state index is 0.276. The van der Waals surface area contributed by atoms with Crippen molar-refractivity contribution < 1.29 is 28.8 Å². The molecule has 0 spiro atoms. The SMILES string of the molecule is C=CCOCCOCCOCCCCCCCCOc1ccc(C(=O)O)cc1. The van der Waals surface area contributed by atoms with Crippen molar-refractivity contribution in [2.24, 2.45) is 0 Å². The Morgan fingerprint density at radius 2 is 1.32 bits per heavy atom. The lowest BCUT2D eigenvalue weighted by molar-refractivity contribution is 0.0188. The molecule has 0 saturated carbocycles. The fourth-order valence-corrected chi connectivity index (χ4v) is 2.50. The van der Waals surface area contributed by atoms with Gasteiger partial charge < -0.3 is 24.1 Å². The molecule has 0 unspecified atom stereocenters. The number of carbonyl (C=O) groups is 1. The van der Waals surface area contributed by atoms with Gasteiger partial charge in [0.05, 0.1) is 45.2 Å². The van der Waals surface area contributed by atoms with Gasteiger partial charge in [-0.15, -0.1) is 6.58 Å². The standard InChI is InChI=1S/C22H34O6/c1-2-13-25-16-18-27-19-17-26-14-7-5-3-4-6-8-15-28-21-11-9-20(10-12-21)22(23)24/h2,9-12H,1,3-8,13-19H2,(H,23,24). The third-order valence-electron chi connectivity index (χ3n) is 4.03. The lowest BCUT2D eigenvalue weighted by Crippen LogP contribution is -2.09. The smallest absolute Gasteiger partial charge is 0.335 e. The minimum atomic E-state index is -0.921. The summed E-state index contributed by atoms with van der Waals surface area (Å²) in [5.74, 6) is -0.203. The number of ether oxygens (including phenoxy) is 4. The number of hydrogen-bond donors (Lipinski definition) is 1. The number of carboxylic acids is 1. The third-order valence-corrected chi connectivity index (χ3v) is 4.03. The Kier molecular flexibility index (Phi) is 14.9. The van der Waals surface area contributed by atoms with Crippen LogP contribution in [0, 0.1) is 0 Å². The number of benzene rings is 1. The van der Waals surface area contributed by atoms with Crippen LogP contribution in [-0.2, 0) is 14.2 Å². The van der Waals surface area contributed by atoms with Crippen molar-refractivity contribution in [2.75, 3.05) is 46.2 Å². The molecule has 0 saturated heterocycles. The van der Waals surface area contributed by atoms with Crippen LogP contribution >= 0.6 is 0 Å². The summed E-state index contributed by atoms with van der Waals surface area (Å²) < 4.78 is 21.8. The van der Waals surface area contributed by atoms with Crippen LogP contribution in [0.3, 0.4) is 0 Å². The van der Waals surface area contributed by atoms with Crippen LogP contribution in [0.25, 0.3) is 0 Å². The molecule has 1 N–H and O–H groups in total. The molecule has 0 fully saturated rings. The molecule has 0 aromatic heterocycles. The normalized spacial score (nSPS) is 10.7. The Morgan fingerprint density at radius 1 is 0.786 bits per heavy atom. The van der Waals surface area contributed by atoms with E-state index in [1.54, 1.807) is 30.3 Å². The van der Waals surface area contributed by atoms with Gasteiger partial charge in [0, 0.05) is 6.61 Å². The van der Waals surface area contributed by atoms with Crippen molar-refractivity contribution >= 4 is 5.97 Å². The second-order valence-electron chi connectivity index (χ2n) is 6.39. The molecule has 0 amide bonds. The molecule has 0 heterocycles. The van der Waals surface area contributed by atoms with Crippen molar-refractivity contribution in [2.45, 2.75) is 38.5 Å². The molecule has 1 aromatic rings. The summed E-state index contributed by atoms with van der Waals surface area (Å²) in [5, 5.41) is 8.85. The van der Waals surface area contributed by atoms with E-state index in [0.29, 0.717) is 39.6 Å². The molecular weight excluding hydrogens is 360 g/mol. The zero-order valence-corrected chi connectivity index (χ0v) is 16.8. The summed E-state index contributed by atoms with van der Waals surface area (Å²) in [4.78, 5) is 10.8. The molecule has 0 radical (unpaired) electrons. The quantitative estimate of drug-likeness (QED) is 0.278. The van der Waals surface area contributed by atoms with E-state index >= 15 is 0 Å². The Hall–Kier alpha value is -1.89. The average Bonchev–Trinajstić information content (AvgIpc) is 2.70. The van der Waals surface area contributed by atoms with Crippen molar-refractivity contribution in [3.05, 3.63) is 42.5 Å². The number of unbranched alkanes of at least 4 members (excludes halogenated alkanes) is 5. The molecule has 158 valence electrons. The molecule has 6 heteroatoms. The summed E-state index contributed by atoms with van der Waals surface area (Å²) in [6, 6.07) is 6.52. The molecule has 0 aliphatic rings. The first-order valence-corrected chi connectivity index (χ1v) is 10.0. The fraction of sp³-hybridized carbons (Fsp3) is 0.591. The lowest BCUT2D eigenvalue weighted by atomic mass is 10.1. The molecule has 0 aliphatic heterocycles. The number of carboxylic acid groups (broad SMARTS) is 1. The minimum Gasteiger partial charge on any atom is -0.494 e. The first-order chi connectivity index (χ1) is 13.7. The molecule has 0 aliphatic carbocycles. The number of rotatable bonds is 19. The largest absolute Gasteiger partial charge is 0.494 e. The highest BCUT2D eigenvalue weighted by Crippen LogP contribution is 2.13.